The summed E-state index contributed by atoms with van der Waals surface area (Å²) in [6.07, 6.45) is 0.775. The SMILES string of the molecule is CCC(C)(C(=O)Oc1ccc2ccccc2c1)C(C)C. The van der Waals surface area contributed by atoms with E-state index < -0.39 is 5.41 Å². The van der Waals surface area contributed by atoms with Gasteiger partial charge in [-0.3, -0.25) is 4.79 Å². The van der Waals surface area contributed by atoms with Crippen LogP contribution < -0.4 is 4.74 Å². The highest BCUT2D eigenvalue weighted by Crippen LogP contribution is 2.33. The van der Waals surface area contributed by atoms with Gasteiger partial charge < -0.3 is 4.74 Å². The minimum atomic E-state index is -0.439. The fourth-order valence-electron chi connectivity index (χ4n) is 2.24. The van der Waals surface area contributed by atoms with Crippen LogP contribution in [0.4, 0.5) is 0 Å². The molecule has 0 bridgehead atoms. The zero-order valence-corrected chi connectivity index (χ0v) is 12.6. The van der Waals surface area contributed by atoms with Crippen LogP contribution in [0.3, 0.4) is 0 Å². The summed E-state index contributed by atoms with van der Waals surface area (Å²) in [5.74, 6) is 0.722. The van der Waals surface area contributed by atoms with Crippen molar-refractivity contribution in [2.45, 2.75) is 34.1 Å². The van der Waals surface area contributed by atoms with Gasteiger partial charge in [0.1, 0.15) is 5.75 Å². The number of ether oxygens (including phenoxy) is 1. The van der Waals surface area contributed by atoms with Gasteiger partial charge in [0.15, 0.2) is 0 Å². The Morgan fingerprint density at radius 1 is 1.15 bits per heavy atom. The van der Waals surface area contributed by atoms with Crippen molar-refractivity contribution in [2.75, 3.05) is 0 Å². The molecule has 1 unspecified atom stereocenters. The van der Waals surface area contributed by atoms with Gasteiger partial charge in [0.05, 0.1) is 5.41 Å². The topological polar surface area (TPSA) is 26.3 Å². The summed E-state index contributed by atoms with van der Waals surface area (Å²) in [7, 11) is 0. The maximum absolute atomic E-state index is 12.4. The van der Waals surface area contributed by atoms with Gasteiger partial charge in [0, 0.05) is 0 Å². The predicted molar refractivity (Wildman–Crippen MR) is 82.8 cm³/mol. The van der Waals surface area contributed by atoms with Gasteiger partial charge in [0.2, 0.25) is 0 Å². The molecule has 1 atom stereocenters. The van der Waals surface area contributed by atoms with Crippen molar-refractivity contribution in [3.63, 3.8) is 0 Å². The van der Waals surface area contributed by atoms with Gasteiger partial charge in [-0.25, -0.2) is 0 Å². The summed E-state index contributed by atoms with van der Waals surface area (Å²) in [5.41, 5.74) is -0.439. The van der Waals surface area contributed by atoms with Gasteiger partial charge in [0.25, 0.3) is 0 Å². The Morgan fingerprint density at radius 2 is 1.80 bits per heavy atom. The molecule has 106 valence electrons. The van der Waals surface area contributed by atoms with E-state index in [9.17, 15) is 4.79 Å². The summed E-state index contributed by atoms with van der Waals surface area (Å²) in [6, 6.07) is 13.8. The number of benzene rings is 2. The Hall–Kier alpha value is -1.83. The molecule has 0 fully saturated rings. The van der Waals surface area contributed by atoms with Crippen molar-refractivity contribution in [3.05, 3.63) is 42.5 Å². The van der Waals surface area contributed by atoms with Crippen LogP contribution in [0, 0.1) is 11.3 Å². The molecule has 0 saturated heterocycles. The normalized spacial score (nSPS) is 14.2. The molecule has 2 aromatic rings. The van der Waals surface area contributed by atoms with Gasteiger partial charge in [-0.05, 0) is 42.2 Å². The first-order valence-corrected chi connectivity index (χ1v) is 7.18. The second kappa shape index (κ2) is 5.66. The molecule has 2 rings (SSSR count). The van der Waals surface area contributed by atoms with Crippen molar-refractivity contribution < 1.29 is 9.53 Å². The highest BCUT2D eigenvalue weighted by Gasteiger charge is 2.36. The second-order valence-electron chi connectivity index (χ2n) is 5.82. The Bertz CT molecular complexity index is 616. The van der Waals surface area contributed by atoms with Crippen LogP contribution in [0.2, 0.25) is 0 Å². The summed E-state index contributed by atoms with van der Waals surface area (Å²) in [5, 5.41) is 2.23. The van der Waals surface area contributed by atoms with Crippen molar-refractivity contribution in [1.82, 2.24) is 0 Å². The molecule has 20 heavy (non-hydrogen) atoms. The Kier molecular flexibility index (Phi) is 4.12. The van der Waals surface area contributed by atoms with Crippen molar-refractivity contribution in [2.24, 2.45) is 11.3 Å². The predicted octanol–water partition coefficient (Wildman–Crippen LogP) is 4.82. The molecule has 0 saturated carbocycles. The maximum Gasteiger partial charge on any atom is 0.317 e. The molecule has 0 amide bonds. The van der Waals surface area contributed by atoms with Crippen molar-refractivity contribution >= 4 is 16.7 Å². The molecular formula is C18H22O2. The lowest BCUT2D eigenvalue weighted by molar-refractivity contribution is -0.147. The van der Waals surface area contributed by atoms with E-state index in [1.807, 2.05) is 56.3 Å². The summed E-state index contributed by atoms with van der Waals surface area (Å²) < 4.78 is 5.60. The summed E-state index contributed by atoms with van der Waals surface area (Å²) in [4.78, 5) is 12.4. The fourth-order valence-corrected chi connectivity index (χ4v) is 2.24. The lowest BCUT2D eigenvalue weighted by atomic mass is 9.77. The van der Waals surface area contributed by atoms with E-state index in [1.165, 1.54) is 0 Å². The largest absolute Gasteiger partial charge is 0.426 e. The number of hydrogen-bond donors (Lipinski definition) is 0. The minimum Gasteiger partial charge on any atom is -0.426 e. The van der Waals surface area contributed by atoms with Crippen LogP contribution in [0.25, 0.3) is 10.8 Å². The number of rotatable bonds is 4. The first-order chi connectivity index (χ1) is 9.47. The molecule has 0 aliphatic rings. The van der Waals surface area contributed by atoms with Crippen LogP contribution >= 0.6 is 0 Å². The molecule has 0 spiro atoms. The van der Waals surface area contributed by atoms with E-state index in [2.05, 4.69) is 13.8 Å². The Balaban J connectivity index is 2.25. The molecular weight excluding hydrogens is 248 g/mol. The number of carbonyl (C=O) groups excluding carboxylic acids is 1. The number of fused-ring (bicyclic) bond motifs is 1. The lowest BCUT2D eigenvalue weighted by Gasteiger charge is -2.29. The van der Waals surface area contributed by atoms with Gasteiger partial charge in [-0.2, -0.15) is 0 Å². The highest BCUT2D eigenvalue weighted by atomic mass is 16.5. The maximum atomic E-state index is 12.4. The minimum absolute atomic E-state index is 0.148. The quantitative estimate of drug-likeness (QED) is 0.588. The van der Waals surface area contributed by atoms with E-state index in [4.69, 9.17) is 4.74 Å². The number of esters is 1. The number of hydrogen-bond acceptors (Lipinski definition) is 2. The average Bonchev–Trinajstić information content (AvgIpc) is 2.45. The summed E-state index contributed by atoms with van der Waals surface area (Å²) >= 11 is 0. The smallest absolute Gasteiger partial charge is 0.317 e. The standard InChI is InChI=1S/C18H22O2/c1-5-18(4,13(2)3)17(19)20-16-11-10-14-8-6-7-9-15(14)12-16/h6-13H,5H2,1-4H3. The van der Waals surface area contributed by atoms with Gasteiger partial charge >= 0.3 is 5.97 Å². The molecule has 2 aromatic carbocycles. The van der Waals surface area contributed by atoms with Crippen LogP contribution in [-0.4, -0.2) is 5.97 Å². The van der Waals surface area contributed by atoms with E-state index in [-0.39, 0.29) is 11.9 Å². The van der Waals surface area contributed by atoms with E-state index >= 15 is 0 Å². The van der Waals surface area contributed by atoms with Crippen LogP contribution in [-0.2, 0) is 4.79 Å². The molecule has 0 aromatic heterocycles. The first-order valence-electron chi connectivity index (χ1n) is 7.18. The average molecular weight is 270 g/mol. The van der Waals surface area contributed by atoms with E-state index in [1.54, 1.807) is 0 Å². The second-order valence-corrected chi connectivity index (χ2v) is 5.82. The van der Waals surface area contributed by atoms with E-state index in [0.29, 0.717) is 5.75 Å². The van der Waals surface area contributed by atoms with Crippen LogP contribution in [0.15, 0.2) is 42.5 Å². The monoisotopic (exact) mass is 270 g/mol. The molecule has 0 aliphatic heterocycles. The van der Waals surface area contributed by atoms with Crippen molar-refractivity contribution in [1.29, 1.82) is 0 Å². The molecule has 0 heterocycles. The van der Waals surface area contributed by atoms with Crippen LogP contribution in [0.1, 0.15) is 34.1 Å². The van der Waals surface area contributed by atoms with Gasteiger partial charge in [-0.15, -0.1) is 0 Å². The van der Waals surface area contributed by atoms with E-state index in [0.717, 1.165) is 17.2 Å². The highest BCUT2D eigenvalue weighted by molar-refractivity contribution is 5.85. The van der Waals surface area contributed by atoms with Crippen molar-refractivity contribution in [3.8, 4) is 5.75 Å². The first kappa shape index (κ1) is 14.6. The summed E-state index contributed by atoms with van der Waals surface area (Å²) in [6.45, 7) is 8.12. The molecule has 0 N–H and O–H groups in total. The molecule has 0 radical (unpaired) electrons. The Labute approximate surface area is 120 Å². The third-order valence-electron chi connectivity index (χ3n) is 4.41. The number of carbonyl (C=O) groups is 1. The fraction of sp³-hybridized carbons (Fsp3) is 0.389. The zero-order chi connectivity index (χ0) is 14.8. The molecule has 2 heteroatoms. The zero-order valence-electron chi connectivity index (χ0n) is 12.6. The van der Waals surface area contributed by atoms with Crippen LogP contribution in [0.5, 0.6) is 5.75 Å². The molecule has 0 aliphatic carbocycles. The third-order valence-corrected chi connectivity index (χ3v) is 4.41. The third kappa shape index (κ3) is 2.69. The Morgan fingerprint density at radius 3 is 2.40 bits per heavy atom. The lowest BCUT2D eigenvalue weighted by Crippen LogP contribution is -2.36. The molecule has 2 nitrogen and oxygen atoms in total. The van der Waals surface area contributed by atoms with Gasteiger partial charge in [-0.1, -0.05) is 51.1 Å².